The lowest BCUT2D eigenvalue weighted by molar-refractivity contribution is 0.0845. The summed E-state index contributed by atoms with van der Waals surface area (Å²) in [5.74, 6) is -0.972. The minimum atomic E-state index is -3.92. The number of hydrogen-bond donors (Lipinski definition) is 2. The van der Waals surface area contributed by atoms with Crippen LogP contribution in [0.3, 0.4) is 0 Å². The van der Waals surface area contributed by atoms with Crippen molar-refractivity contribution in [3.63, 3.8) is 0 Å². The maximum atomic E-state index is 12.6. The molecule has 0 aliphatic carbocycles. The van der Waals surface area contributed by atoms with Crippen molar-refractivity contribution in [2.24, 2.45) is 5.73 Å². The number of fused-ring (bicyclic) bond motifs is 1. The SMILES string of the molecule is CCC(N)(CC)CNC(=O)c1ccc2c(c1)S(=O)(=O)N(C(C)C)C2=O.Cl. The molecule has 26 heavy (non-hydrogen) atoms. The summed E-state index contributed by atoms with van der Waals surface area (Å²) in [5, 5.41) is 2.75. The molecule has 0 saturated heterocycles. The average molecular weight is 404 g/mol. The molecule has 1 aromatic rings. The van der Waals surface area contributed by atoms with Crippen LogP contribution in [0.4, 0.5) is 0 Å². The van der Waals surface area contributed by atoms with E-state index in [0.717, 1.165) is 4.31 Å². The number of rotatable bonds is 6. The van der Waals surface area contributed by atoms with Crippen LogP contribution in [0.15, 0.2) is 23.1 Å². The van der Waals surface area contributed by atoms with Crippen molar-refractivity contribution in [3.05, 3.63) is 29.3 Å². The van der Waals surface area contributed by atoms with E-state index in [-0.39, 0.29) is 28.4 Å². The monoisotopic (exact) mass is 403 g/mol. The number of sulfonamides is 1. The predicted molar refractivity (Wildman–Crippen MR) is 102 cm³/mol. The van der Waals surface area contributed by atoms with Gasteiger partial charge in [0.15, 0.2) is 0 Å². The second-order valence-electron chi connectivity index (χ2n) is 6.66. The lowest BCUT2D eigenvalue weighted by atomic mass is 9.94. The normalized spacial score (nSPS) is 15.6. The maximum absolute atomic E-state index is 12.6. The fourth-order valence-electron chi connectivity index (χ4n) is 2.76. The van der Waals surface area contributed by atoms with E-state index >= 15 is 0 Å². The number of amides is 2. The zero-order chi connectivity index (χ0) is 19.0. The van der Waals surface area contributed by atoms with Crippen LogP contribution in [-0.2, 0) is 10.0 Å². The van der Waals surface area contributed by atoms with Gasteiger partial charge in [-0.05, 0) is 44.9 Å². The number of nitrogens with one attached hydrogen (secondary N) is 1. The molecule has 0 atom stereocenters. The van der Waals surface area contributed by atoms with Crippen molar-refractivity contribution in [2.75, 3.05) is 6.54 Å². The minimum Gasteiger partial charge on any atom is -0.350 e. The van der Waals surface area contributed by atoms with E-state index in [1.54, 1.807) is 13.8 Å². The van der Waals surface area contributed by atoms with Gasteiger partial charge in [-0.2, -0.15) is 0 Å². The first kappa shape index (κ1) is 22.4. The molecule has 2 rings (SSSR count). The largest absolute Gasteiger partial charge is 0.350 e. The highest BCUT2D eigenvalue weighted by Gasteiger charge is 2.42. The molecule has 1 aromatic carbocycles. The summed E-state index contributed by atoms with van der Waals surface area (Å²) in [6, 6.07) is 3.62. The molecule has 3 N–H and O–H groups in total. The summed E-state index contributed by atoms with van der Waals surface area (Å²) in [6.45, 7) is 7.45. The number of carbonyl (C=O) groups excluding carboxylic acids is 2. The number of benzene rings is 1. The third-order valence-corrected chi connectivity index (χ3v) is 6.69. The molecule has 2 amide bonds. The second-order valence-corrected chi connectivity index (χ2v) is 8.45. The molecule has 0 fully saturated rings. The van der Waals surface area contributed by atoms with Gasteiger partial charge in [-0.15, -0.1) is 12.4 Å². The Morgan fingerprint density at radius 3 is 2.35 bits per heavy atom. The molecular weight excluding hydrogens is 378 g/mol. The van der Waals surface area contributed by atoms with Crippen molar-refractivity contribution in [1.29, 1.82) is 0 Å². The van der Waals surface area contributed by atoms with Crippen molar-refractivity contribution >= 4 is 34.2 Å². The molecule has 1 aliphatic rings. The topological polar surface area (TPSA) is 110 Å². The lowest BCUT2D eigenvalue weighted by Gasteiger charge is -2.26. The molecule has 0 bridgehead atoms. The molecule has 0 saturated carbocycles. The first-order valence-electron chi connectivity index (χ1n) is 8.37. The van der Waals surface area contributed by atoms with E-state index in [2.05, 4.69) is 5.32 Å². The van der Waals surface area contributed by atoms with Gasteiger partial charge in [-0.1, -0.05) is 13.8 Å². The Labute approximate surface area is 160 Å². The third-order valence-electron chi connectivity index (χ3n) is 4.69. The van der Waals surface area contributed by atoms with Crippen LogP contribution in [0.25, 0.3) is 0 Å². The van der Waals surface area contributed by atoms with Crippen molar-refractivity contribution < 1.29 is 18.0 Å². The Balaban J connectivity index is 0.00000338. The molecule has 146 valence electrons. The van der Waals surface area contributed by atoms with E-state index in [4.69, 9.17) is 5.73 Å². The zero-order valence-electron chi connectivity index (χ0n) is 15.4. The van der Waals surface area contributed by atoms with Crippen LogP contribution in [0.5, 0.6) is 0 Å². The van der Waals surface area contributed by atoms with Gasteiger partial charge in [-0.25, -0.2) is 12.7 Å². The summed E-state index contributed by atoms with van der Waals surface area (Å²) < 4.78 is 26.0. The first-order valence-corrected chi connectivity index (χ1v) is 9.81. The quantitative estimate of drug-likeness (QED) is 0.753. The summed E-state index contributed by atoms with van der Waals surface area (Å²) in [6.07, 6.45) is 1.42. The molecule has 0 aromatic heterocycles. The van der Waals surface area contributed by atoms with Gasteiger partial charge in [0, 0.05) is 23.7 Å². The Bertz CT molecular complexity index is 804. The summed E-state index contributed by atoms with van der Waals surface area (Å²) in [7, 11) is -3.92. The number of hydrogen-bond acceptors (Lipinski definition) is 5. The predicted octanol–water partition coefficient (Wildman–Crippen LogP) is 1.91. The molecule has 1 aliphatic heterocycles. The highest BCUT2D eigenvalue weighted by atomic mass is 35.5. The van der Waals surface area contributed by atoms with Gasteiger partial charge < -0.3 is 11.1 Å². The van der Waals surface area contributed by atoms with E-state index in [0.29, 0.717) is 19.4 Å². The minimum absolute atomic E-state index is 0. The number of nitrogens with two attached hydrogens (primary N) is 1. The van der Waals surface area contributed by atoms with Gasteiger partial charge in [0.2, 0.25) is 0 Å². The van der Waals surface area contributed by atoms with Crippen LogP contribution in [0.2, 0.25) is 0 Å². The van der Waals surface area contributed by atoms with Crippen molar-refractivity contribution in [3.8, 4) is 0 Å². The van der Waals surface area contributed by atoms with Crippen molar-refractivity contribution in [1.82, 2.24) is 9.62 Å². The Kier molecular flexibility index (Phi) is 6.84. The fourth-order valence-corrected chi connectivity index (χ4v) is 4.55. The van der Waals surface area contributed by atoms with E-state index in [1.807, 2.05) is 13.8 Å². The fraction of sp³-hybridized carbons (Fsp3) is 0.529. The van der Waals surface area contributed by atoms with Crippen LogP contribution >= 0.6 is 12.4 Å². The first-order chi connectivity index (χ1) is 11.6. The average Bonchev–Trinajstić information content (AvgIpc) is 2.78. The van der Waals surface area contributed by atoms with Crippen LogP contribution in [0, 0.1) is 0 Å². The van der Waals surface area contributed by atoms with Crippen molar-refractivity contribution in [2.45, 2.75) is 57.0 Å². The third kappa shape index (κ3) is 3.87. The van der Waals surface area contributed by atoms with Gasteiger partial charge in [-0.3, -0.25) is 9.59 Å². The molecule has 7 nitrogen and oxygen atoms in total. The van der Waals surface area contributed by atoms with Crippen LogP contribution < -0.4 is 11.1 Å². The summed E-state index contributed by atoms with van der Waals surface area (Å²) in [5.41, 5.74) is 5.95. The van der Waals surface area contributed by atoms with E-state index < -0.39 is 33.4 Å². The second kappa shape index (κ2) is 7.94. The van der Waals surface area contributed by atoms with Gasteiger partial charge in [0.05, 0.1) is 5.56 Å². The van der Waals surface area contributed by atoms with E-state index in [1.165, 1.54) is 18.2 Å². The number of carbonyl (C=O) groups is 2. The number of nitrogens with zero attached hydrogens (tertiary/aromatic N) is 1. The maximum Gasteiger partial charge on any atom is 0.269 e. The molecule has 1 heterocycles. The number of halogens is 1. The summed E-state index contributed by atoms with van der Waals surface area (Å²) >= 11 is 0. The molecule has 0 radical (unpaired) electrons. The Hall–Kier alpha value is -1.64. The van der Waals surface area contributed by atoms with Crippen LogP contribution in [0.1, 0.15) is 61.3 Å². The highest BCUT2D eigenvalue weighted by molar-refractivity contribution is 7.90. The highest BCUT2D eigenvalue weighted by Crippen LogP contribution is 2.32. The Morgan fingerprint density at radius 1 is 1.27 bits per heavy atom. The van der Waals surface area contributed by atoms with Gasteiger partial charge in [0.1, 0.15) is 4.90 Å². The van der Waals surface area contributed by atoms with Crippen LogP contribution in [-0.4, -0.2) is 42.7 Å². The van der Waals surface area contributed by atoms with Gasteiger partial charge in [0.25, 0.3) is 21.8 Å². The van der Waals surface area contributed by atoms with E-state index in [9.17, 15) is 18.0 Å². The Morgan fingerprint density at radius 2 is 1.85 bits per heavy atom. The molecule has 0 spiro atoms. The molecule has 0 unspecified atom stereocenters. The standard InChI is InChI=1S/C17H25N3O4S.ClH/c1-5-17(18,6-2)10-19-15(21)12-7-8-13-14(9-12)25(23,24)20(11(3)4)16(13)22;/h7-9,11H,5-6,10,18H2,1-4H3,(H,19,21);1H. The molecule has 9 heteroatoms. The smallest absolute Gasteiger partial charge is 0.269 e. The molecular formula is C17H26ClN3O4S. The summed E-state index contributed by atoms with van der Waals surface area (Å²) in [4.78, 5) is 24.5. The van der Waals surface area contributed by atoms with Gasteiger partial charge >= 0.3 is 0 Å². The zero-order valence-corrected chi connectivity index (χ0v) is 17.0. The lowest BCUT2D eigenvalue weighted by Crippen LogP contribution is -2.49.